The maximum atomic E-state index is 5.51. The summed E-state index contributed by atoms with van der Waals surface area (Å²) < 4.78 is 10.9. The lowest BCUT2D eigenvalue weighted by atomic mass is 9.95. The molecule has 0 saturated carbocycles. The van der Waals surface area contributed by atoms with Crippen LogP contribution in [0.4, 0.5) is 0 Å². The highest BCUT2D eigenvalue weighted by Gasteiger charge is 2.21. The summed E-state index contributed by atoms with van der Waals surface area (Å²) in [7, 11) is 0. The molecule has 0 amide bonds. The SMILES string of the molecule is Cc1ncc2c(c1-c1noc(CCCN3CCOCC3)n1)CCNC2.Cl.Cl. The zero-order chi connectivity index (χ0) is 17.1. The van der Waals surface area contributed by atoms with E-state index < -0.39 is 0 Å². The topological polar surface area (TPSA) is 76.3 Å². The number of morpholine rings is 1. The molecular weight excluding hydrogens is 389 g/mol. The minimum absolute atomic E-state index is 0. The Labute approximate surface area is 172 Å². The Hall–Kier alpha value is -1.25. The molecule has 0 unspecified atom stereocenters. The van der Waals surface area contributed by atoms with Gasteiger partial charge in [-0.3, -0.25) is 9.88 Å². The maximum absolute atomic E-state index is 5.51. The summed E-state index contributed by atoms with van der Waals surface area (Å²) in [6.45, 7) is 8.62. The lowest BCUT2D eigenvalue weighted by Gasteiger charge is -2.26. The first-order valence-electron chi connectivity index (χ1n) is 9.12. The van der Waals surface area contributed by atoms with Crippen LogP contribution >= 0.6 is 24.8 Å². The normalized spacial score (nSPS) is 16.9. The molecule has 150 valence electrons. The largest absolute Gasteiger partial charge is 0.379 e. The number of hydrogen-bond acceptors (Lipinski definition) is 7. The Morgan fingerprint density at radius 3 is 2.85 bits per heavy atom. The third-order valence-electron chi connectivity index (χ3n) is 4.99. The number of nitrogens with zero attached hydrogens (tertiary/aromatic N) is 4. The smallest absolute Gasteiger partial charge is 0.227 e. The van der Waals surface area contributed by atoms with Gasteiger partial charge < -0.3 is 14.6 Å². The number of fused-ring (bicyclic) bond motifs is 1. The molecule has 1 fully saturated rings. The van der Waals surface area contributed by atoms with E-state index in [0.29, 0.717) is 11.7 Å². The first-order valence-corrected chi connectivity index (χ1v) is 9.12. The highest BCUT2D eigenvalue weighted by molar-refractivity contribution is 5.85. The molecule has 0 bridgehead atoms. The molecule has 2 aromatic rings. The summed E-state index contributed by atoms with van der Waals surface area (Å²) in [6, 6.07) is 0. The van der Waals surface area contributed by atoms with Crippen molar-refractivity contribution in [1.29, 1.82) is 0 Å². The van der Waals surface area contributed by atoms with Crippen LogP contribution in [-0.2, 0) is 24.1 Å². The van der Waals surface area contributed by atoms with E-state index in [-0.39, 0.29) is 24.8 Å². The Morgan fingerprint density at radius 2 is 2.04 bits per heavy atom. The number of hydrogen-bond donors (Lipinski definition) is 1. The number of nitrogens with one attached hydrogen (secondary N) is 1. The van der Waals surface area contributed by atoms with Gasteiger partial charge in [-0.1, -0.05) is 5.16 Å². The summed E-state index contributed by atoms with van der Waals surface area (Å²) in [5, 5.41) is 7.63. The average molecular weight is 416 g/mol. The van der Waals surface area contributed by atoms with Gasteiger partial charge in [0.25, 0.3) is 0 Å². The standard InChI is InChI=1S/C18H25N5O2.2ClH/c1-13-17(15-4-5-19-11-14(15)12-20-13)18-21-16(25-22-18)3-2-6-23-7-9-24-10-8-23;;/h12,19H,2-11H2,1H3;2*1H. The van der Waals surface area contributed by atoms with Gasteiger partial charge in [0.1, 0.15) is 0 Å². The highest BCUT2D eigenvalue weighted by atomic mass is 35.5. The quantitative estimate of drug-likeness (QED) is 0.801. The molecular formula is C18H27Cl2N5O2. The number of rotatable bonds is 5. The first-order chi connectivity index (χ1) is 12.3. The summed E-state index contributed by atoms with van der Waals surface area (Å²) in [5.41, 5.74) is 4.58. The summed E-state index contributed by atoms with van der Waals surface area (Å²) in [5.74, 6) is 1.40. The van der Waals surface area contributed by atoms with Crippen molar-refractivity contribution in [2.24, 2.45) is 0 Å². The maximum Gasteiger partial charge on any atom is 0.227 e. The fourth-order valence-electron chi connectivity index (χ4n) is 3.60. The molecule has 27 heavy (non-hydrogen) atoms. The third-order valence-corrected chi connectivity index (χ3v) is 4.99. The van der Waals surface area contributed by atoms with Gasteiger partial charge in [0, 0.05) is 43.5 Å². The molecule has 2 aromatic heterocycles. The molecule has 0 atom stereocenters. The van der Waals surface area contributed by atoms with Crippen molar-refractivity contribution in [3.63, 3.8) is 0 Å². The van der Waals surface area contributed by atoms with Gasteiger partial charge >= 0.3 is 0 Å². The van der Waals surface area contributed by atoms with Crippen LogP contribution in [0, 0.1) is 6.92 Å². The van der Waals surface area contributed by atoms with Crippen molar-refractivity contribution in [3.8, 4) is 11.4 Å². The molecule has 1 N–H and O–H groups in total. The molecule has 2 aliphatic rings. The molecule has 7 nitrogen and oxygen atoms in total. The van der Waals surface area contributed by atoms with Crippen LogP contribution in [0.3, 0.4) is 0 Å². The predicted molar refractivity (Wildman–Crippen MR) is 108 cm³/mol. The van der Waals surface area contributed by atoms with Crippen molar-refractivity contribution < 1.29 is 9.26 Å². The Bertz CT molecular complexity index is 735. The van der Waals surface area contributed by atoms with Gasteiger partial charge in [-0.05, 0) is 44.0 Å². The minimum Gasteiger partial charge on any atom is -0.379 e. The molecule has 0 aliphatic carbocycles. The summed E-state index contributed by atoms with van der Waals surface area (Å²) >= 11 is 0. The molecule has 1 saturated heterocycles. The van der Waals surface area contributed by atoms with E-state index in [4.69, 9.17) is 9.26 Å². The van der Waals surface area contributed by atoms with Gasteiger partial charge in [-0.15, -0.1) is 24.8 Å². The monoisotopic (exact) mass is 415 g/mol. The van der Waals surface area contributed by atoms with Crippen molar-refractivity contribution in [2.45, 2.75) is 32.7 Å². The van der Waals surface area contributed by atoms with Crippen LogP contribution in [0.1, 0.15) is 29.1 Å². The van der Waals surface area contributed by atoms with Gasteiger partial charge in [-0.2, -0.15) is 4.98 Å². The van der Waals surface area contributed by atoms with Gasteiger partial charge in [0.05, 0.1) is 13.2 Å². The Morgan fingerprint density at radius 1 is 1.22 bits per heavy atom. The average Bonchev–Trinajstić information content (AvgIpc) is 3.11. The lowest BCUT2D eigenvalue weighted by Crippen LogP contribution is -2.36. The number of halogens is 2. The van der Waals surface area contributed by atoms with Gasteiger partial charge in [0.15, 0.2) is 0 Å². The number of pyridine rings is 1. The van der Waals surface area contributed by atoms with E-state index >= 15 is 0 Å². The second-order valence-corrected chi connectivity index (χ2v) is 6.72. The van der Waals surface area contributed by atoms with Crippen LogP contribution in [0.5, 0.6) is 0 Å². The first kappa shape index (κ1) is 22.0. The van der Waals surface area contributed by atoms with Crippen LogP contribution in [0.25, 0.3) is 11.4 Å². The van der Waals surface area contributed by atoms with Crippen molar-refractivity contribution >= 4 is 24.8 Å². The number of aromatic nitrogens is 3. The molecule has 9 heteroatoms. The molecule has 4 heterocycles. The van der Waals surface area contributed by atoms with Gasteiger partial charge in [-0.25, -0.2) is 0 Å². The third kappa shape index (κ3) is 5.18. The molecule has 4 rings (SSSR count). The fraction of sp³-hybridized carbons (Fsp3) is 0.611. The van der Waals surface area contributed by atoms with Crippen LogP contribution < -0.4 is 5.32 Å². The Balaban J connectivity index is 0.00000131. The molecule has 0 spiro atoms. The van der Waals surface area contributed by atoms with Crippen LogP contribution in [-0.4, -0.2) is 59.4 Å². The van der Waals surface area contributed by atoms with E-state index in [1.165, 1.54) is 11.1 Å². The zero-order valence-corrected chi connectivity index (χ0v) is 17.2. The second-order valence-electron chi connectivity index (χ2n) is 6.72. The van der Waals surface area contributed by atoms with Crippen molar-refractivity contribution in [2.75, 3.05) is 39.4 Å². The van der Waals surface area contributed by atoms with Crippen molar-refractivity contribution in [1.82, 2.24) is 25.3 Å². The van der Waals surface area contributed by atoms with E-state index in [0.717, 1.165) is 76.5 Å². The van der Waals surface area contributed by atoms with E-state index in [1.807, 2.05) is 13.1 Å². The fourth-order valence-corrected chi connectivity index (χ4v) is 3.60. The van der Waals surface area contributed by atoms with Crippen LogP contribution in [0.15, 0.2) is 10.7 Å². The van der Waals surface area contributed by atoms with Crippen LogP contribution in [0.2, 0.25) is 0 Å². The minimum atomic E-state index is 0. The zero-order valence-electron chi connectivity index (χ0n) is 15.6. The highest BCUT2D eigenvalue weighted by Crippen LogP contribution is 2.28. The number of ether oxygens (including phenoxy) is 1. The molecule has 0 radical (unpaired) electrons. The summed E-state index contributed by atoms with van der Waals surface area (Å²) in [4.78, 5) is 11.6. The van der Waals surface area contributed by atoms with E-state index in [1.54, 1.807) is 0 Å². The number of aryl methyl sites for hydroxylation is 2. The second kappa shape index (κ2) is 10.3. The van der Waals surface area contributed by atoms with E-state index in [2.05, 4.69) is 25.3 Å². The van der Waals surface area contributed by atoms with E-state index in [9.17, 15) is 0 Å². The molecule has 0 aromatic carbocycles. The van der Waals surface area contributed by atoms with Crippen molar-refractivity contribution in [3.05, 3.63) is 28.9 Å². The molecule has 2 aliphatic heterocycles. The lowest BCUT2D eigenvalue weighted by molar-refractivity contribution is 0.0372. The summed E-state index contributed by atoms with van der Waals surface area (Å²) in [6.07, 6.45) is 4.78. The Kier molecular flexibility index (Phi) is 8.44. The predicted octanol–water partition coefficient (Wildman–Crippen LogP) is 2.19. The van der Waals surface area contributed by atoms with Gasteiger partial charge in [0.2, 0.25) is 11.7 Å².